The molecule has 216 valence electrons. The number of ether oxygens (including phenoxy) is 4. The van der Waals surface area contributed by atoms with E-state index in [1.54, 1.807) is 18.2 Å². The van der Waals surface area contributed by atoms with Gasteiger partial charge in [0.1, 0.15) is 17.3 Å². The van der Waals surface area contributed by atoms with Crippen molar-refractivity contribution in [3.63, 3.8) is 0 Å². The number of aromatic hydroxyl groups is 1. The van der Waals surface area contributed by atoms with Gasteiger partial charge in [-0.3, -0.25) is 14.6 Å². The number of aryl methyl sites for hydroxylation is 1. The lowest BCUT2D eigenvalue weighted by Crippen LogP contribution is -2.22. The van der Waals surface area contributed by atoms with Crippen LogP contribution in [0.15, 0.2) is 42.7 Å². The van der Waals surface area contributed by atoms with Gasteiger partial charge in [0, 0.05) is 35.4 Å². The number of phenols is 1. The number of ketones is 1. The molecule has 3 heterocycles. The van der Waals surface area contributed by atoms with E-state index < -0.39 is 12.1 Å². The number of hydrogen-bond donors (Lipinski definition) is 1. The Hall–Kier alpha value is -3.89. The molecule has 0 unspecified atom stereocenters. The molecule has 9 nitrogen and oxygen atoms in total. The van der Waals surface area contributed by atoms with Crippen LogP contribution in [0.5, 0.6) is 11.6 Å². The molecule has 41 heavy (non-hydrogen) atoms. The quantitative estimate of drug-likeness (QED) is 0.249. The highest BCUT2D eigenvalue weighted by molar-refractivity contribution is 5.95. The Labute approximate surface area is 237 Å². The predicted octanol–water partition coefficient (Wildman–Crippen LogP) is 5.16. The second-order valence-corrected chi connectivity index (χ2v) is 10.4. The molecular formula is C31H33FN2O7. The van der Waals surface area contributed by atoms with Crippen LogP contribution in [0.4, 0.5) is 4.39 Å². The molecule has 2 aliphatic rings. The van der Waals surface area contributed by atoms with E-state index in [1.165, 1.54) is 26.5 Å². The molecule has 0 amide bonds. The number of nitrogens with zero attached hydrogens (tertiary/aromatic N) is 2. The minimum Gasteiger partial charge on any atom is -0.508 e. The van der Waals surface area contributed by atoms with E-state index in [-0.39, 0.29) is 59.3 Å². The molecule has 1 saturated heterocycles. The number of methoxy groups -OCH3 is 2. The van der Waals surface area contributed by atoms with Crippen molar-refractivity contribution in [3.05, 3.63) is 70.9 Å². The van der Waals surface area contributed by atoms with Crippen molar-refractivity contribution in [1.82, 2.24) is 9.97 Å². The Balaban J connectivity index is 1.35. The number of rotatable bonds is 11. The van der Waals surface area contributed by atoms with Crippen molar-refractivity contribution in [2.24, 2.45) is 11.8 Å². The summed E-state index contributed by atoms with van der Waals surface area (Å²) in [7, 11) is 2.82. The normalized spacial score (nSPS) is 16.8. The van der Waals surface area contributed by atoms with E-state index in [4.69, 9.17) is 18.9 Å². The number of carbonyl (C=O) groups excluding carboxylic acids is 2. The first-order valence-corrected chi connectivity index (χ1v) is 13.7. The fourth-order valence-electron chi connectivity index (χ4n) is 5.45. The standard InChI is InChI=1S/C31H33FN2O7/c1-17(30(37)39-3)29(19-5-6-19)20-7-4-18(27(36)12-20)8-9-26(35)25-13-22(31-40-10-11-41-31)23(15-33-25)21-14-28(38-2)34-16-24(21)32/h4,7,12-17,19,29,31,36H,5-6,8-11H2,1-3H3/t17-,29-/m0/s1. The summed E-state index contributed by atoms with van der Waals surface area (Å²) in [5.41, 5.74) is 2.77. The molecule has 10 heteroatoms. The molecule has 1 aliphatic heterocycles. The monoisotopic (exact) mass is 564 g/mol. The Bertz CT molecular complexity index is 1440. The molecule has 0 radical (unpaired) electrons. The van der Waals surface area contributed by atoms with Crippen LogP contribution in [0.2, 0.25) is 0 Å². The maximum absolute atomic E-state index is 14.8. The van der Waals surface area contributed by atoms with Gasteiger partial charge in [-0.2, -0.15) is 0 Å². The minimum absolute atomic E-state index is 0.0320. The first-order chi connectivity index (χ1) is 19.8. The lowest BCUT2D eigenvalue weighted by Gasteiger charge is -2.23. The third-order valence-electron chi connectivity index (χ3n) is 7.78. The zero-order chi connectivity index (χ0) is 29.1. The number of Topliss-reactive ketones (excluding diaryl/α,β-unsaturated/α-hetero) is 1. The Kier molecular flexibility index (Phi) is 8.60. The average Bonchev–Trinajstić information content (AvgIpc) is 3.66. The molecule has 5 rings (SSSR count). The molecule has 1 saturated carbocycles. The summed E-state index contributed by atoms with van der Waals surface area (Å²) in [5.74, 6) is -0.752. The van der Waals surface area contributed by atoms with Crippen molar-refractivity contribution in [2.45, 2.75) is 44.8 Å². The summed E-state index contributed by atoms with van der Waals surface area (Å²) in [6.45, 7) is 2.59. The zero-order valence-electron chi connectivity index (χ0n) is 23.3. The first-order valence-electron chi connectivity index (χ1n) is 13.7. The molecule has 0 bridgehead atoms. The van der Waals surface area contributed by atoms with E-state index in [0.29, 0.717) is 35.8 Å². The largest absolute Gasteiger partial charge is 0.508 e. The van der Waals surface area contributed by atoms with Crippen LogP contribution in [0.3, 0.4) is 0 Å². The van der Waals surface area contributed by atoms with Crippen molar-refractivity contribution in [1.29, 1.82) is 0 Å². The number of pyridine rings is 2. The van der Waals surface area contributed by atoms with Crippen molar-refractivity contribution >= 4 is 11.8 Å². The lowest BCUT2D eigenvalue weighted by atomic mass is 9.82. The van der Waals surface area contributed by atoms with Gasteiger partial charge in [0.2, 0.25) is 5.88 Å². The van der Waals surface area contributed by atoms with Crippen molar-refractivity contribution in [2.75, 3.05) is 27.4 Å². The summed E-state index contributed by atoms with van der Waals surface area (Å²) < 4.78 is 36.2. The van der Waals surface area contributed by atoms with Gasteiger partial charge in [-0.05, 0) is 54.4 Å². The maximum atomic E-state index is 14.8. The summed E-state index contributed by atoms with van der Waals surface area (Å²) in [6, 6.07) is 8.44. The van der Waals surface area contributed by atoms with E-state index >= 15 is 0 Å². The highest BCUT2D eigenvalue weighted by Crippen LogP contribution is 2.47. The lowest BCUT2D eigenvalue weighted by molar-refractivity contribution is -0.145. The number of hydrogen-bond acceptors (Lipinski definition) is 9. The van der Waals surface area contributed by atoms with Crippen LogP contribution >= 0.6 is 0 Å². The highest BCUT2D eigenvalue weighted by atomic mass is 19.1. The summed E-state index contributed by atoms with van der Waals surface area (Å²) in [4.78, 5) is 33.6. The molecule has 1 aromatic carbocycles. The van der Waals surface area contributed by atoms with Crippen molar-refractivity contribution in [3.8, 4) is 22.8 Å². The summed E-state index contributed by atoms with van der Waals surface area (Å²) in [5, 5.41) is 10.8. The van der Waals surface area contributed by atoms with Crippen LogP contribution in [-0.2, 0) is 25.4 Å². The number of phenolic OH excluding ortho intramolecular Hbond substituents is 1. The number of aromatic nitrogens is 2. The fraction of sp³-hybridized carbons (Fsp3) is 0.419. The van der Waals surface area contributed by atoms with Crippen LogP contribution < -0.4 is 4.74 Å². The number of carbonyl (C=O) groups is 2. The van der Waals surface area contributed by atoms with Crippen LogP contribution in [0.25, 0.3) is 11.1 Å². The van der Waals surface area contributed by atoms with Gasteiger partial charge in [-0.25, -0.2) is 9.37 Å². The molecular weight excluding hydrogens is 531 g/mol. The number of halogens is 1. The second-order valence-electron chi connectivity index (χ2n) is 10.4. The number of benzene rings is 1. The molecule has 1 N–H and O–H groups in total. The predicted molar refractivity (Wildman–Crippen MR) is 146 cm³/mol. The van der Waals surface area contributed by atoms with E-state index in [1.807, 2.05) is 13.0 Å². The van der Waals surface area contributed by atoms with Gasteiger partial charge in [0.05, 0.1) is 39.5 Å². The number of esters is 1. The van der Waals surface area contributed by atoms with Gasteiger partial charge in [0.15, 0.2) is 12.1 Å². The molecule has 2 fully saturated rings. The Morgan fingerprint density at radius 1 is 1.07 bits per heavy atom. The molecule has 1 aliphatic carbocycles. The fourth-order valence-corrected chi connectivity index (χ4v) is 5.45. The van der Waals surface area contributed by atoms with Gasteiger partial charge in [-0.15, -0.1) is 0 Å². The average molecular weight is 565 g/mol. The zero-order valence-corrected chi connectivity index (χ0v) is 23.3. The molecule has 2 aromatic heterocycles. The van der Waals surface area contributed by atoms with Crippen LogP contribution in [0.1, 0.15) is 65.6 Å². The van der Waals surface area contributed by atoms with Gasteiger partial charge >= 0.3 is 5.97 Å². The van der Waals surface area contributed by atoms with E-state index in [2.05, 4.69) is 9.97 Å². The summed E-state index contributed by atoms with van der Waals surface area (Å²) in [6.07, 6.45) is 4.17. The molecule has 3 aromatic rings. The third kappa shape index (κ3) is 6.23. The van der Waals surface area contributed by atoms with E-state index in [0.717, 1.165) is 24.6 Å². The second kappa shape index (κ2) is 12.3. The smallest absolute Gasteiger partial charge is 0.309 e. The van der Waals surface area contributed by atoms with Gasteiger partial charge < -0.3 is 24.1 Å². The highest BCUT2D eigenvalue weighted by Gasteiger charge is 2.39. The summed E-state index contributed by atoms with van der Waals surface area (Å²) >= 11 is 0. The van der Waals surface area contributed by atoms with Crippen LogP contribution in [0, 0.1) is 17.7 Å². The molecule has 2 atom stereocenters. The van der Waals surface area contributed by atoms with Gasteiger partial charge in [-0.1, -0.05) is 19.1 Å². The van der Waals surface area contributed by atoms with Crippen molar-refractivity contribution < 1.29 is 38.0 Å². The minimum atomic E-state index is -0.776. The Morgan fingerprint density at radius 3 is 2.49 bits per heavy atom. The third-order valence-corrected chi connectivity index (χ3v) is 7.78. The maximum Gasteiger partial charge on any atom is 0.309 e. The van der Waals surface area contributed by atoms with Crippen LogP contribution in [-0.4, -0.2) is 54.3 Å². The van der Waals surface area contributed by atoms with E-state index in [9.17, 15) is 19.1 Å². The SMILES string of the molecule is COC(=O)[C@@H](C)[C@H](c1ccc(CCC(=O)c2cc(C3OCCO3)c(-c3cc(OC)ncc3F)cn2)c(O)c1)C1CC1. The Morgan fingerprint density at radius 2 is 1.83 bits per heavy atom. The molecule has 0 spiro atoms. The first kappa shape index (κ1) is 28.6. The topological polar surface area (TPSA) is 117 Å². The van der Waals surface area contributed by atoms with Gasteiger partial charge in [0.25, 0.3) is 0 Å².